The molecule has 3 fully saturated rings. The van der Waals surface area contributed by atoms with E-state index in [9.17, 15) is 19.5 Å². The van der Waals surface area contributed by atoms with Crippen molar-refractivity contribution in [3.8, 4) is 0 Å². The van der Waals surface area contributed by atoms with Gasteiger partial charge in [-0.3, -0.25) is 14.4 Å². The predicted octanol–water partition coefficient (Wildman–Crippen LogP) is 3.40. The highest BCUT2D eigenvalue weighted by atomic mass is 16.6. The third-order valence-corrected chi connectivity index (χ3v) is 8.82. The van der Waals surface area contributed by atoms with Crippen molar-refractivity contribution >= 4 is 17.5 Å². The Morgan fingerprint density at radius 2 is 1.93 bits per heavy atom. The standard InChI is InChI=1S/C24H32O5/c1-13-10-17-18-7-9-24(14(2)25,29-15(3)26)23(18,5)12-20(28)21(17)22(4)8-6-16(27)11-19(13)22/h6,8,11,13,17-18,20-21,28H,7,9-10,12H2,1-5H3/t13?,17-,18-,20?,21+,22-,23-,24-/m0/s1. The maximum Gasteiger partial charge on any atom is 0.303 e. The van der Waals surface area contributed by atoms with E-state index >= 15 is 0 Å². The maximum absolute atomic E-state index is 12.8. The fraction of sp³-hybridized carbons (Fsp3) is 0.708. The molecule has 0 aromatic rings. The van der Waals surface area contributed by atoms with E-state index in [4.69, 9.17) is 4.74 Å². The van der Waals surface area contributed by atoms with Crippen LogP contribution in [0.1, 0.15) is 60.3 Å². The second kappa shape index (κ2) is 6.37. The summed E-state index contributed by atoms with van der Waals surface area (Å²) in [6.07, 6.45) is 7.36. The summed E-state index contributed by atoms with van der Waals surface area (Å²) in [5.41, 5.74) is -0.991. The number of fused-ring (bicyclic) bond motifs is 5. The zero-order valence-corrected chi connectivity index (χ0v) is 18.0. The van der Waals surface area contributed by atoms with Crippen LogP contribution in [-0.2, 0) is 19.1 Å². The molecule has 0 saturated heterocycles. The number of Topliss-reactive ketones (excluding diaryl/α,β-unsaturated/α-hetero) is 1. The van der Waals surface area contributed by atoms with E-state index in [1.165, 1.54) is 13.8 Å². The maximum atomic E-state index is 12.8. The third-order valence-electron chi connectivity index (χ3n) is 8.82. The molecule has 2 unspecified atom stereocenters. The Morgan fingerprint density at radius 3 is 2.55 bits per heavy atom. The van der Waals surface area contributed by atoms with Crippen LogP contribution in [-0.4, -0.2) is 34.3 Å². The quantitative estimate of drug-likeness (QED) is 0.719. The number of esters is 1. The summed E-state index contributed by atoms with van der Waals surface area (Å²) < 4.78 is 5.76. The summed E-state index contributed by atoms with van der Waals surface area (Å²) >= 11 is 0. The first-order chi connectivity index (χ1) is 13.5. The van der Waals surface area contributed by atoms with E-state index in [1.54, 1.807) is 12.2 Å². The molecule has 8 atom stereocenters. The molecule has 5 heteroatoms. The molecule has 0 aliphatic heterocycles. The van der Waals surface area contributed by atoms with Crippen LogP contribution in [0.15, 0.2) is 23.8 Å². The fourth-order valence-electron chi connectivity index (χ4n) is 7.80. The van der Waals surface area contributed by atoms with Gasteiger partial charge in [0.1, 0.15) is 0 Å². The molecule has 0 aromatic carbocycles. The lowest BCUT2D eigenvalue weighted by Crippen LogP contribution is -2.62. The van der Waals surface area contributed by atoms with Gasteiger partial charge in [0.15, 0.2) is 17.2 Å². The normalized spacial score (nSPS) is 48.3. The van der Waals surface area contributed by atoms with Crippen LogP contribution in [0.2, 0.25) is 0 Å². The van der Waals surface area contributed by atoms with Crippen molar-refractivity contribution in [2.45, 2.75) is 72.0 Å². The molecule has 0 aromatic heterocycles. The number of carbonyl (C=O) groups is 3. The summed E-state index contributed by atoms with van der Waals surface area (Å²) in [6, 6.07) is 0. The molecular formula is C24H32O5. The van der Waals surface area contributed by atoms with Crippen molar-refractivity contribution < 1.29 is 24.2 Å². The number of rotatable bonds is 2. The summed E-state index contributed by atoms with van der Waals surface area (Å²) in [5, 5.41) is 11.4. The van der Waals surface area contributed by atoms with Crippen LogP contribution in [0, 0.1) is 34.5 Å². The minimum absolute atomic E-state index is 0.00698. The van der Waals surface area contributed by atoms with Crippen molar-refractivity contribution in [2.24, 2.45) is 34.5 Å². The van der Waals surface area contributed by atoms with E-state index < -0.39 is 23.1 Å². The second-order valence-electron chi connectivity index (χ2n) is 10.3. The molecule has 3 saturated carbocycles. The van der Waals surface area contributed by atoms with E-state index in [-0.39, 0.29) is 40.7 Å². The van der Waals surface area contributed by atoms with Crippen molar-refractivity contribution in [3.63, 3.8) is 0 Å². The number of hydrogen-bond donors (Lipinski definition) is 1. The zero-order chi connectivity index (χ0) is 21.4. The van der Waals surface area contributed by atoms with Crippen LogP contribution >= 0.6 is 0 Å². The molecule has 4 rings (SSSR count). The molecule has 5 nitrogen and oxygen atoms in total. The van der Waals surface area contributed by atoms with Crippen molar-refractivity contribution in [1.29, 1.82) is 0 Å². The van der Waals surface area contributed by atoms with Gasteiger partial charge in [0.25, 0.3) is 0 Å². The van der Waals surface area contributed by atoms with Gasteiger partial charge in [-0.25, -0.2) is 0 Å². The molecule has 0 spiro atoms. The van der Waals surface area contributed by atoms with Gasteiger partial charge in [-0.15, -0.1) is 0 Å². The minimum atomic E-state index is -1.16. The number of hydrogen-bond acceptors (Lipinski definition) is 5. The lowest BCUT2D eigenvalue weighted by molar-refractivity contribution is -0.197. The topological polar surface area (TPSA) is 80.7 Å². The second-order valence-corrected chi connectivity index (χ2v) is 10.3. The average molecular weight is 401 g/mol. The summed E-state index contributed by atoms with van der Waals surface area (Å²) in [5.74, 6) is 0.0627. The van der Waals surface area contributed by atoms with Gasteiger partial charge in [0, 0.05) is 23.7 Å². The molecule has 0 amide bonds. The number of carbonyl (C=O) groups excluding carboxylic acids is 3. The first-order valence-corrected chi connectivity index (χ1v) is 10.8. The van der Waals surface area contributed by atoms with Gasteiger partial charge in [0.2, 0.25) is 0 Å². The minimum Gasteiger partial charge on any atom is -0.451 e. The van der Waals surface area contributed by atoms with Gasteiger partial charge >= 0.3 is 5.97 Å². The third kappa shape index (κ3) is 2.59. The Hall–Kier alpha value is -1.75. The van der Waals surface area contributed by atoms with E-state index in [0.717, 1.165) is 18.4 Å². The van der Waals surface area contributed by atoms with Crippen LogP contribution in [0.5, 0.6) is 0 Å². The first kappa shape index (κ1) is 20.5. The Kier molecular flexibility index (Phi) is 4.51. The Labute approximate surface area is 172 Å². The number of aliphatic hydroxyl groups excluding tert-OH is 1. The van der Waals surface area contributed by atoms with Gasteiger partial charge < -0.3 is 9.84 Å². The fourth-order valence-corrected chi connectivity index (χ4v) is 7.80. The Morgan fingerprint density at radius 1 is 1.24 bits per heavy atom. The van der Waals surface area contributed by atoms with Crippen LogP contribution in [0.25, 0.3) is 0 Å². The molecule has 0 bridgehead atoms. The van der Waals surface area contributed by atoms with E-state index in [2.05, 4.69) is 13.8 Å². The van der Waals surface area contributed by atoms with Gasteiger partial charge in [0.05, 0.1) is 6.10 Å². The monoisotopic (exact) mass is 400 g/mol. The summed E-state index contributed by atoms with van der Waals surface area (Å²) in [7, 11) is 0. The highest BCUT2D eigenvalue weighted by molar-refractivity contribution is 6.01. The molecule has 4 aliphatic rings. The SMILES string of the molecule is CC(=O)O[C@]1(C(C)=O)CC[C@H]2[C@@H]3CC(C)C4=CC(=O)C=C[C@]4(C)[C@H]3C(O)C[C@@]21C. The van der Waals surface area contributed by atoms with Crippen LogP contribution < -0.4 is 0 Å². The number of ketones is 2. The molecule has 4 aliphatic carbocycles. The molecular weight excluding hydrogens is 368 g/mol. The summed E-state index contributed by atoms with van der Waals surface area (Å²) in [6.45, 7) is 9.20. The lowest BCUT2D eigenvalue weighted by Gasteiger charge is -2.61. The predicted molar refractivity (Wildman–Crippen MR) is 108 cm³/mol. The molecule has 1 N–H and O–H groups in total. The van der Waals surface area contributed by atoms with Crippen molar-refractivity contribution in [2.75, 3.05) is 0 Å². The van der Waals surface area contributed by atoms with E-state index in [1.807, 2.05) is 13.0 Å². The Bertz CT molecular complexity index is 840. The van der Waals surface area contributed by atoms with Gasteiger partial charge in [-0.05, 0) is 62.5 Å². The number of aliphatic hydroxyl groups is 1. The van der Waals surface area contributed by atoms with E-state index in [0.29, 0.717) is 12.8 Å². The van der Waals surface area contributed by atoms with Crippen LogP contribution in [0.4, 0.5) is 0 Å². The zero-order valence-electron chi connectivity index (χ0n) is 18.0. The molecule has 158 valence electrons. The highest BCUT2D eigenvalue weighted by Gasteiger charge is 2.70. The first-order valence-electron chi connectivity index (χ1n) is 10.8. The number of ether oxygens (including phenoxy) is 1. The lowest BCUT2D eigenvalue weighted by atomic mass is 9.44. The van der Waals surface area contributed by atoms with Gasteiger partial charge in [-0.2, -0.15) is 0 Å². The van der Waals surface area contributed by atoms with Gasteiger partial charge in [-0.1, -0.05) is 32.4 Å². The summed E-state index contributed by atoms with van der Waals surface area (Å²) in [4.78, 5) is 36.8. The Balaban J connectivity index is 1.80. The molecule has 0 radical (unpaired) electrons. The van der Waals surface area contributed by atoms with Crippen molar-refractivity contribution in [3.05, 3.63) is 23.8 Å². The molecule has 0 heterocycles. The number of allylic oxidation sites excluding steroid dienone is 4. The highest BCUT2D eigenvalue weighted by Crippen LogP contribution is 2.68. The average Bonchev–Trinajstić information content (AvgIpc) is 2.89. The van der Waals surface area contributed by atoms with Crippen LogP contribution in [0.3, 0.4) is 0 Å². The van der Waals surface area contributed by atoms with Crippen molar-refractivity contribution in [1.82, 2.24) is 0 Å². The molecule has 29 heavy (non-hydrogen) atoms. The smallest absolute Gasteiger partial charge is 0.303 e. The largest absolute Gasteiger partial charge is 0.451 e.